The van der Waals surface area contributed by atoms with E-state index in [0.717, 1.165) is 39.3 Å². The van der Waals surface area contributed by atoms with Crippen LogP contribution in [0.2, 0.25) is 0 Å². The molecule has 0 saturated carbocycles. The van der Waals surface area contributed by atoms with Crippen LogP contribution in [0, 0.1) is 5.41 Å². The number of carbonyl (C=O) groups is 1. The van der Waals surface area contributed by atoms with Gasteiger partial charge in [0, 0.05) is 39.3 Å². The number of nitrogens with zero attached hydrogens (tertiary/aromatic N) is 2. The molecule has 0 bridgehead atoms. The normalized spacial score (nSPS) is 36.2. The molecule has 0 aliphatic carbocycles. The first-order chi connectivity index (χ1) is 8.16. The number of amides is 2. The molecule has 0 aromatic carbocycles. The Hall–Kier alpha value is -0.520. The third-order valence-corrected chi connectivity index (χ3v) is 4.38. The SMILES string of the molecule is CC1(CN2CCN3C(=O)NCC3C2)CCNC1.Cl. The van der Waals surface area contributed by atoms with Crippen molar-refractivity contribution in [2.75, 3.05) is 45.8 Å². The van der Waals surface area contributed by atoms with Crippen molar-refractivity contribution in [3.05, 3.63) is 0 Å². The number of nitrogens with one attached hydrogen (secondary N) is 2. The number of halogens is 1. The van der Waals surface area contributed by atoms with E-state index in [1.807, 2.05) is 4.90 Å². The number of fused-ring (bicyclic) bond motifs is 1. The molecule has 18 heavy (non-hydrogen) atoms. The maximum atomic E-state index is 11.5. The van der Waals surface area contributed by atoms with Gasteiger partial charge in [0.1, 0.15) is 0 Å². The molecular formula is C12H23ClN4O. The first kappa shape index (κ1) is 13.9. The van der Waals surface area contributed by atoms with Gasteiger partial charge in [0.15, 0.2) is 0 Å². The zero-order valence-electron chi connectivity index (χ0n) is 10.9. The predicted molar refractivity (Wildman–Crippen MR) is 73.2 cm³/mol. The highest BCUT2D eigenvalue weighted by Crippen LogP contribution is 2.27. The summed E-state index contributed by atoms with van der Waals surface area (Å²) in [5.41, 5.74) is 0.429. The lowest BCUT2D eigenvalue weighted by atomic mass is 9.89. The first-order valence-corrected chi connectivity index (χ1v) is 6.64. The summed E-state index contributed by atoms with van der Waals surface area (Å²) in [4.78, 5) is 16.0. The zero-order chi connectivity index (χ0) is 11.9. The molecule has 0 spiro atoms. The van der Waals surface area contributed by atoms with Crippen molar-refractivity contribution in [1.82, 2.24) is 20.4 Å². The summed E-state index contributed by atoms with van der Waals surface area (Å²) >= 11 is 0. The number of urea groups is 1. The molecule has 0 radical (unpaired) electrons. The van der Waals surface area contributed by atoms with Gasteiger partial charge in [-0.2, -0.15) is 0 Å². The van der Waals surface area contributed by atoms with E-state index in [0.29, 0.717) is 11.5 Å². The van der Waals surface area contributed by atoms with Crippen LogP contribution in [0.25, 0.3) is 0 Å². The maximum Gasteiger partial charge on any atom is 0.317 e. The Balaban J connectivity index is 0.00000120. The highest BCUT2D eigenvalue weighted by atomic mass is 35.5. The molecule has 2 atom stereocenters. The van der Waals surface area contributed by atoms with Crippen molar-refractivity contribution in [1.29, 1.82) is 0 Å². The lowest BCUT2D eigenvalue weighted by molar-refractivity contribution is 0.0900. The van der Waals surface area contributed by atoms with Crippen LogP contribution in [0.15, 0.2) is 0 Å². The van der Waals surface area contributed by atoms with E-state index in [-0.39, 0.29) is 18.4 Å². The van der Waals surface area contributed by atoms with Crippen LogP contribution in [-0.4, -0.2) is 67.7 Å². The molecule has 2 amide bonds. The topological polar surface area (TPSA) is 47.6 Å². The van der Waals surface area contributed by atoms with Crippen LogP contribution in [0.1, 0.15) is 13.3 Å². The Morgan fingerprint density at radius 2 is 2.28 bits per heavy atom. The molecule has 3 aliphatic rings. The van der Waals surface area contributed by atoms with E-state index < -0.39 is 0 Å². The van der Waals surface area contributed by atoms with E-state index in [4.69, 9.17) is 0 Å². The van der Waals surface area contributed by atoms with Gasteiger partial charge in [-0.05, 0) is 18.4 Å². The van der Waals surface area contributed by atoms with Crippen molar-refractivity contribution in [3.63, 3.8) is 0 Å². The van der Waals surface area contributed by atoms with Gasteiger partial charge < -0.3 is 15.5 Å². The second-order valence-electron chi connectivity index (χ2n) is 6.01. The Bertz CT molecular complexity index is 319. The number of piperazine rings is 1. The van der Waals surface area contributed by atoms with Crippen LogP contribution in [0.5, 0.6) is 0 Å². The second kappa shape index (κ2) is 5.23. The monoisotopic (exact) mass is 274 g/mol. The van der Waals surface area contributed by atoms with Gasteiger partial charge in [-0.25, -0.2) is 4.79 Å². The number of carbonyl (C=O) groups excluding carboxylic acids is 1. The van der Waals surface area contributed by atoms with Gasteiger partial charge in [0.25, 0.3) is 0 Å². The highest BCUT2D eigenvalue weighted by molar-refractivity contribution is 5.85. The number of hydrogen-bond donors (Lipinski definition) is 2. The molecule has 3 saturated heterocycles. The fourth-order valence-corrected chi connectivity index (χ4v) is 3.36. The van der Waals surface area contributed by atoms with Crippen LogP contribution in [0.3, 0.4) is 0 Å². The van der Waals surface area contributed by atoms with Crippen molar-refractivity contribution >= 4 is 18.4 Å². The van der Waals surface area contributed by atoms with Crippen LogP contribution in [0.4, 0.5) is 4.79 Å². The molecule has 104 valence electrons. The summed E-state index contributed by atoms with van der Waals surface area (Å²) < 4.78 is 0. The third kappa shape index (κ3) is 2.58. The third-order valence-electron chi connectivity index (χ3n) is 4.38. The molecule has 3 rings (SSSR count). The van der Waals surface area contributed by atoms with E-state index >= 15 is 0 Å². The smallest absolute Gasteiger partial charge is 0.317 e. The van der Waals surface area contributed by atoms with E-state index in [1.54, 1.807) is 0 Å². The Morgan fingerprint density at radius 1 is 1.44 bits per heavy atom. The lowest BCUT2D eigenvalue weighted by Crippen LogP contribution is -2.54. The molecule has 0 aromatic heterocycles. The van der Waals surface area contributed by atoms with Gasteiger partial charge in [0.05, 0.1) is 6.04 Å². The predicted octanol–water partition coefficient (Wildman–Crippen LogP) is 0.117. The Labute approximate surface area is 115 Å². The zero-order valence-corrected chi connectivity index (χ0v) is 11.8. The molecule has 2 N–H and O–H groups in total. The molecule has 3 fully saturated rings. The van der Waals surface area contributed by atoms with Crippen molar-refractivity contribution in [3.8, 4) is 0 Å². The number of hydrogen-bond acceptors (Lipinski definition) is 3. The summed E-state index contributed by atoms with van der Waals surface area (Å²) in [5.74, 6) is 0. The van der Waals surface area contributed by atoms with E-state index in [1.165, 1.54) is 13.0 Å². The fourth-order valence-electron chi connectivity index (χ4n) is 3.36. The molecule has 3 heterocycles. The summed E-state index contributed by atoms with van der Waals surface area (Å²) in [7, 11) is 0. The summed E-state index contributed by atoms with van der Waals surface area (Å²) in [5, 5.41) is 6.39. The average Bonchev–Trinajstić information content (AvgIpc) is 2.87. The van der Waals surface area contributed by atoms with Crippen LogP contribution >= 0.6 is 12.4 Å². The summed E-state index contributed by atoms with van der Waals surface area (Å²) in [6.07, 6.45) is 1.27. The molecule has 0 aromatic rings. The van der Waals surface area contributed by atoms with Crippen molar-refractivity contribution < 1.29 is 4.79 Å². The standard InChI is InChI=1S/C12H22N4O.ClH/c1-12(2-3-13-8-12)9-15-4-5-16-10(7-15)6-14-11(16)17;/h10,13H,2-9H2,1H3,(H,14,17);1H. The molecule has 2 unspecified atom stereocenters. The molecule has 6 heteroatoms. The van der Waals surface area contributed by atoms with E-state index in [9.17, 15) is 4.79 Å². The molecule has 3 aliphatic heterocycles. The highest BCUT2D eigenvalue weighted by Gasteiger charge is 2.38. The summed E-state index contributed by atoms with van der Waals surface area (Å²) in [6, 6.07) is 0.526. The van der Waals surface area contributed by atoms with Crippen LogP contribution < -0.4 is 10.6 Å². The van der Waals surface area contributed by atoms with Gasteiger partial charge >= 0.3 is 6.03 Å². The minimum Gasteiger partial charge on any atom is -0.336 e. The quantitative estimate of drug-likeness (QED) is 0.752. The maximum absolute atomic E-state index is 11.5. The van der Waals surface area contributed by atoms with Crippen molar-refractivity contribution in [2.24, 2.45) is 5.41 Å². The first-order valence-electron chi connectivity index (χ1n) is 6.64. The molecule has 5 nitrogen and oxygen atoms in total. The van der Waals surface area contributed by atoms with Gasteiger partial charge in [-0.3, -0.25) is 4.90 Å². The minimum atomic E-state index is 0. The van der Waals surface area contributed by atoms with Crippen LogP contribution in [-0.2, 0) is 0 Å². The fraction of sp³-hybridized carbons (Fsp3) is 0.917. The second-order valence-corrected chi connectivity index (χ2v) is 6.01. The largest absolute Gasteiger partial charge is 0.336 e. The minimum absolute atomic E-state index is 0. The number of rotatable bonds is 2. The Morgan fingerprint density at radius 3 is 3.00 bits per heavy atom. The summed E-state index contributed by atoms with van der Waals surface area (Å²) in [6.45, 7) is 9.60. The van der Waals surface area contributed by atoms with Crippen molar-refractivity contribution in [2.45, 2.75) is 19.4 Å². The lowest BCUT2D eigenvalue weighted by Gasteiger charge is -2.40. The van der Waals surface area contributed by atoms with Gasteiger partial charge in [-0.15, -0.1) is 12.4 Å². The van der Waals surface area contributed by atoms with Gasteiger partial charge in [-0.1, -0.05) is 6.92 Å². The Kier molecular flexibility index (Phi) is 4.04. The van der Waals surface area contributed by atoms with Gasteiger partial charge in [0.2, 0.25) is 0 Å². The van der Waals surface area contributed by atoms with E-state index in [2.05, 4.69) is 22.5 Å². The molecular weight excluding hydrogens is 252 g/mol. The average molecular weight is 275 g/mol.